The molecular weight excluding hydrogens is 446 g/mol. The highest BCUT2D eigenvalue weighted by atomic mass is 32.2. The summed E-state index contributed by atoms with van der Waals surface area (Å²) >= 11 is 0. The number of benzene rings is 3. The Kier molecular flexibility index (Phi) is 5.84. The average molecular weight is 465 g/mol. The maximum absolute atomic E-state index is 12.6. The Morgan fingerprint density at radius 3 is 2.42 bits per heavy atom. The number of para-hydroxylation sites is 1. The maximum Gasteiger partial charge on any atom is 0.270 e. The summed E-state index contributed by atoms with van der Waals surface area (Å²) in [6.07, 6.45) is 0. The summed E-state index contributed by atoms with van der Waals surface area (Å²) in [5.41, 5.74) is 0.942. The van der Waals surface area contributed by atoms with Gasteiger partial charge in [-0.15, -0.1) is 0 Å². The Morgan fingerprint density at radius 1 is 1.00 bits per heavy atom. The van der Waals surface area contributed by atoms with Crippen molar-refractivity contribution in [1.29, 1.82) is 0 Å². The highest BCUT2D eigenvalue weighted by molar-refractivity contribution is 7.92. The van der Waals surface area contributed by atoms with Gasteiger partial charge in [0.15, 0.2) is 0 Å². The first-order valence-electron chi connectivity index (χ1n) is 9.89. The van der Waals surface area contributed by atoms with Crippen molar-refractivity contribution in [3.8, 4) is 0 Å². The van der Waals surface area contributed by atoms with Gasteiger partial charge in [0.05, 0.1) is 15.9 Å². The van der Waals surface area contributed by atoms with E-state index in [1.165, 1.54) is 42.5 Å². The van der Waals surface area contributed by atoms with E-state index < -0.39 is 14.9 Å². The normalized spacial score (nSPS) is 12.3. The van der Waals surface area contributed by atoms with Crippen molar-refractivity contribution in [3.63, 3.8) is 0 Å². The first-order chi connectivity index (χ1) is 15.7. The Labute approximate surface area is 189 Å². The molecule has 168 valence electrons. The van der Waals surface area contributed by atoms with E-state index in [1.54, 1.807) is 6.92 Å². The number of furan rings is 1. The zero-order valence-electron chi connectivity index (χ0n) is 17.4. The van der Waals surface area contributed by atoms with Gasteiger partial charge in [0, 0.05) is 28.8 Å². The molecule has 0 saturated heterocycles. The second-order valence-corrected chi connectivity index (χ2v) is 9.00. The molecule has 1 unspecified atom stereocenters. The molecule has 0 saturated carbocycles. The second kappa shape index (κ2) is 8.75. The molecule has 2 N–H and O–H groups in total. The molecule has 0 fully saturated rings. The highest BCUT2D eigenvalue weighted by Gasteiger charge is 2.19. The van der Waals surface area contributed by atoms with E-state index in [2.05, 4.69) is 10.0 Å². The number of fused-ring (bicyclic) bond motifs is 1. The minimum absolute atomic E-state index is 0.211. The molecule has 0 spiro atoms. The van der Waals surface area contributed by atoms with Gasteiger partial charge >= 0.3 is 0 Å². The molecule has 1 heterocycles. The molecule has 1 amide bonds. The van der Waals surface area contributed by atoms with Crippen molar-refractivity contribution in [3.05, 3.63) is 100 Å². The summed E-state index contributed by atoms with van der Waals surface area (Å²) in [5, 5.41) is 14.7. The molecule has 4 aromatic rings. The Hall–Kier alpha value is -4.18. The number of carbonyl (C=O) groups is 1. The Morgan fingerprint density at radius 2 is 1.73 bits per heavy atom. The number of nitro benzene ring substituents is 1. The molecule has 0 radical (unpaired) electrons. The number of sulfonamides is 1. The second-order valence-electron chi connectivity index (χ2n) is 7.32. The minimum atomic E-state index is -4.04. The predicted molar refractivity (Wildman–Crippen MR) is 122 cm³/mol. The van der Waals surface area contributed by atoms with Gasteiger partial charge in [-0.25, -0.2) is 8.42 Å². The number of hydrogen-bond acceptors (Lipinski definition) is 6. The van der Waals surface area contributed by atoms with Crippen LogP contribution in [0.25, 0.3) is 11.0 Å². The third-order valence-corrected chi connectivity index (χ3v) is 6.34. The average Bonchev–Trinajstić information content (AvgIpc) is 3.24. The molecule has 9 nitrogen and oxygen atoms in total. The number of nitro groups is 1. The lowest BCUT2D eigenvalue weighted by molar-refractivity contribution is -0.385. The van der Waals surface area contributed by atoms with Gasteiger partial charge in [-0.1, -0.05) is 24.3 Å². The number of non-ortho nitro benzene ring substituents is 1. The van der Waals surface area contributed by atoms with Crippen LogP contribution in [0.1, 0.15) is 29.1 Å². The van der Waals surface area contributed by atoms with Crippen LogP contribution in [0.15, 0.2) is 88.2 Å². The molecule has 0 aliphatic carbocycles. The lowest BCUT2D eigenvalue weighted by atomic mass is 10.1. The van der Waals surface area contributed by atoms with Crippen LogP contribution in [0.5, 0.6) is 0 Å². The number of nitrogens with zero attached hydrogens (tertiary/aromatic N) is 1. The van der Waals surface area contributed by atoms with Crippen molar-refractivity contribution >= 4 is 38.3 Å². The predicted octanol–water partition coefficient (Wildman–Crippen LogP) is 4.63. The van der Waals surface area contributed by atoms with E-state index in [9.17, 15) is 23.3 Å². The van der Waals surface area contributed by atoms with Crippen molar-refractivity contribution in [2.45, 2.75) is 17.9 Å². The molecule has 3 aromatic carbocycles. The third kappa shape index (κ3) is 4.85. The van der Waals surface area contributed by atoms with Gasteiger partial charge < -0.3 is 9.73 Å². The first-order valence-corrected chi connectivity index (χ1v) is 11.4. The fraction of sp³-hybridized carbons (Fsp3) is 0.0870. The van der Waals surface area contributed by atoms with Crippen LogP contribution in [-0.2, 0) is 10.0 Å². The molecule has 10 heteroatoms. The molecule has 4 rings (SSSR count). The van der Waals surface area contributed by atoms with E-state index in [0.717, 1.165) is 17.0 Å². The third-order valence-electron chi connectivity index (χ3n) is 4.96. The molecule has 33 heavy (non-hydrogen) atoms. The van der Waals surface area contributed by atoms with Gasteiger partial charge in [0.2, 0.25) is 0 Å². The van der Waals surface area contributed by atoms with Gasteiger partial charge in [0.25, 0.3) is 21.6 Å². The van der Waals surface area contributed by atoms with Gasteiger partial charge in [-0.3, -0.25) is 19.6 Å². The van der Waals surface area contributed by atoms with E-state index >= 15 is 0 Å². The van der Waals surface area contributed by atoms with E-state index in [0.29, 0.717) is 11.3 Å². The zero-order valence-corrected chi connectivity index (χ0v) is 18.2. The van der Waals surface area contributed by atoms with Crippen molar-refractivity contribution in [2.75, 3.05) is 4.72 Å². The lowest BCUT2D eigenvalue weighted by Crippen LogP contribution is -2.26. The first kappa shape index (κ1) is 22.0. The molecule has 1 aromatic heterocycles. The number of carbonyl (C=O) groups excluding carboxylic acids is 1. The standard InChI is InChI=1S/C23H19N3O6S/c1-15(22-13-17-5-2-3-8-21(17)32-22)24-23(27)16-9-11-18(12-10-16)25-33(30,31)20-7-4-6-19(14-20)26(28)29/h2-15,25H,1H3,(H,24,27). The van der Waals surface area contributed by atoms with E-state index in [1.807, 2.05) is 30.3 Å². The largest absolute Gasteiger partial charge is 0.459 e. The number of rotatable bonds is 7. The minimum Gasteiger partial charge on any atom is -0.459 e. The van der Waals surface area contributed by atoms with Crippen LogP contribution in [0.3, 0.4) is 0 Å². The molecule has 0 aliphatic rings. The molecule has 1 atom stereocenters. The van der Waals surface area contributed by atoms with Crippen molar-refractivity contribution < 1.29 is 22.6 Å². The summed E-state index contributed by atoms with van der Waals surface area (Å²) in [6.45, 7) is 1.80. The van der Waals surface area contributed by atoms with Crippen LogP contribution >= 0.6 is 0 Å². The van der Waals surface area contributed by atoms with Crippen LogP contribution in [0, 0.1) is 10.1 Å². The van der Waals surface area contributed by atoms with Gasteiger partial charge in [0.1, 0.15) is 11.3 Å². The Bertz CT molecular complexity index is 1410. The number of hydrogen-bond donors (Lipinski definition) is 2. The zero-order chi connectivity index (χ0) is 23.6. The smallest absolute Gasteiger partial charge is 0.270 e. The SMILES string of the molecule is CC(NC(=O)c1ccc(NS(=O)(=O)c2cccc([N+](=O)[O-])c2)cc1)c1cc2ccccc2o1. The van der Waals surface area contributed by atoms with Crippen LogP contribution < -0.4 is 10.0 Å². The van der Waals surface area contributed by atoms with Crippen LogP contribution in [0.2, 0.25) is 0 Å². The molecular formula is C23H19N3O6S. The van der Waals surface area contributed by atoms with E-state index in [4.69, 9.17) is 4.42 Å². The summed E-state index contributed by atoms with van der Waals surface area (Å²) in [7, 11) is -4.04. The topological polar surface area (TPSA) is 132 Å². The quantitative estimate of drug-likeness (QED) is 0.302. The summed E-state index contributed by atoms with van der Waals surface area (Å²) in [5.74, 6) is 0.266. The number of anilines is 1. The monoisotopic (exact) mass is 465 g/mol. The van der Waals surface area contributed by atoms with Gasteiger partial charge in [-0.05, 0) is 49.4 Å². The number of nitrogens with one attached hydrogen (secondary N) is 2. The fourth-order valence-corrected chi connectivity index (χ4v) is 4.33. The summed E-state index contributed by atoms with van der Waals surface area (Å²) in [6, 6.07) is 19.6. The fourth-order valence-electron chi connectivity index (χ4n) is 3.23. The van der Waals surface area contributed by atoms with E-state index in [-0.39, 0.29) is 28.2 Å². The maximum atomic E-state index is 12.6. The lowest BCUT2D eigenvalue weighted by Gasteiger charge is -2.12. The summed E-state index contributed by atoms with van der Waals surface area (Å²) < 4.78 is 33.2. The van der Waals surface area contributed by atoms with Gasteiger partial charge in [-0.2, -0.15) is 0 Å². The van der Waals surface area contributed by atoms with Crippen molar-refractivity contribution in [1.82, 2.24) is 5.32 Å². The summed E-state index contributed by atoms with van der Waals surface area (Å²) in [4.78, 5) is 22.6. The Balaban J connectivity index is 1.44. The number of amides is 1. The molecule has 0 aliphatic heterocycles. The van der Waals surface area contributed by atoms with Crippen LogP contribution in [-0.4, -0.2) is 19.2 Å². The molecule has 0 bridgehead atoms. The van der Waals surface area contributed by atoms with Crippen molar-refractivity contribution in [2.24, 2.45) is 0 Å². The van der Waals surface area contributed by atoms with Crippen LogP contribution in [0.4, 0.5) is 11.4 Å². The highest BCUT2D eigenvalue weighted by Crippen LogP contribution is 2.24.